The quantitative estimate of drug-likeness (QED) is 0.648. The molecule has 0 saturated carbocycles. The smallest absolute Gasteiger partial charge is 0.240 e. The lowest BCUT2D eigenvalue weighted by Gasteiger charge is -2.26. The second-order valence-corrected chi connectivity index (χ2v) is 7.73. The molecule has 0 spiro atoms. The van der Waals surface area contributed by atoms with Gasteiger partial charge in [-0.3, -0.25) is 0 Å². The second-order valence-electron chi connectivity index (χ2n) is 5.97. The van der Waals surface area contributed by atoms with Crippen molar-refractivity contribution in [3.63, 3.8) is 0 Å². The highest BCUT2D eigenvalue weighted by Gasteiger charge is 2.14. The number of hydrogen-bond donors (Lipinski definition) is 1. The molecule has 1 aliphatic rings. The maximum atomic E-state index is 12.3. The Kier molecular flexibility index (Phi) is 7.98. The van der Waals surface area contributed by atoms with E-state index in [1.165, 1.54) is 19.3 Å². The van der Waals surface area contributed by atoms with Crippen molar-refractivity contribution >= 4 is 10.0 Å². The summed E-state index contributed by atoms with van der Waals surface area (Å²) in [4.78, 5) is 2.67. The Balaban J connectivity index is 1.74. The van der Waals surface area contributed by atoms with Crippen molar-refractivity contribution in [3.8, 4) is 5.75 Å². The fraction of sp³-hybridized carbons (Fsp3) is 0.647. The molecule has 1 fully saturated rings. The fourth-order valence-corrected chi connectivity index (χ4v) is 3.81. The summed E-state index contributed by atoms with van der Waals surface area (Å²) in [6, 6.07) is 6.46. The number of likely N-dealkylation sites (tertiary alicyclic amines) is 1. The van der Waals surface area contributed by atoms with Crippen LogP contribution in [0.1, 0.15) is 25.7 Å². The van der Waals surface area contributed by atoms with E-state index >= 15 is 0 Å². The third-order valence-electron chi connectivity index (χ3n) is 4.08. The summed E-state index contributed by atoms with van der Waals surface area (Å²) in [5.41, 5.74) is 0. The monoisotopic (exact) mass is 356 g/mol. The minimum absolute atomic E-state index is 0.263. The summed E-state index contributed by atoms with van der Waals surface area (Å²) in [6.45, 7) is 4.63. The highest BCUT2D eigenvalue weighted by molar-refractivity contribution is 7.89. The Bertz CT molecular complexity index is 569. The number of rotatable bonds is 10. The molecule has 1 N–H and O–H groups in total. The van der Waals surface area contributed by atoms with Gasteiger partial charge >= 0.3 is 0 Å². The van der Waals surface area contributed by atoms with Crippen LogP contribution in [0.25, 0.3) is 0 Å². The molecule has 1 aliphatic heterocycles. The third-order valence-corrected chi connectivity index (χ3v) is 5.56. The molecule has 6 nitrogen and oxygen atoms in total. The predicted molar refractivity (Wildman–Crippen MR) is 93.9 cm³/mol. The maximum absolute atomic E-state index is 12.3. The summed E-state index contributed by atoms with van der Waals surface area (Å²) < 4.78 is 37.6. The first kappa shape index (κ1) is 19.2. The molecule has 0 amide bonds. The van der Waals surface area contributed by atoms with E-state index in [2.05, 4.69) is 9.62 Å². The number of methoxy groups -OCH3 is 1. The maximum Gasteiger partial charge on any atom is 0.240 e. The van der Waals surface area contributed by atoms with E-state index < -0.39 is 10.0 Å². The molecule has 1 heterocycles. The van der Waals surface area contributed by atoms with Crippen LogP contribution in [0, 0.1) is 0 Å². The second kappa shape index (κ2) is 9.98. The van der Waals surface area contributed by atoms with E-state index in [1.807, 2.05) is 0 Å². The molecule has 0 unspecified atom stereocenters. The molecule has 0 radical (unpaired) electrons. The minimum atomic E-state index is -3.45. The summed E-state index contributed by atoms with van der Waals surface area (Å²) in [7, 11) is -1.85. The van der Waals surface area contributed by atoms with Gasteiger partial charge in [0.1, 0.15) is 12.4 Å². The van der Waals surface area contributed by atoms with Crippen LogP contribution >= 0.6 is 0 Å². The molecular weight excluding hydrogens is 328 g/mol. The summed E-state index contributed by atoms with van der Waals surface area (Å²) >= 11 is 0. The average Bonchev–Trinajstić information content (AvgIpc) is 2.60. The Morgan fingerprint density at radius 2 is 1.79 bits per heavy atom. The third kappa shape index (κ3) is 6.39. The lowest BCUT2D eigenvalue weighted by Crippen LogP contribution is -2.33. The SMILES string of the molecule is COCCOc1ccc(S(=O)(=O)NCCCN2CCCCC2)cc1. The van der Waals surface area contributed by atoms with Gasteiger partial charge < -0.3 is 14.4 Å². The molecule has 0 bridgehead atoms. The van der Waals surface area contributed by atoms with E-state index in [1.54, 1.807) is 31.4 Å². The van der Waals surface area contributed by atoms with E-state index in [0.29, 0.717) is 25.5 Å². The van der Waals surface area contributed by atoms with Gasteiger partial charge in [0.2, 0.25) is 10.0 Å². The molecular formula is C17H28N2O4S. The molecule has 0 aromatic heterocycles. The highest BCUT2D eigenvalue weighted by atomic mass is 32.2. The molecule has 0 aliphatic carbocycles. The number of piperidine rings is 1. The average molecular weight is 356 g/mol. The summed E-state index contributed by atoms with van der Waals surface area (Å²) in [5, 5.41) is 0. The van der Waals surface area contributed by atoms with Crippen LogP contribution in [-0.2, 0) is 14.8 Å². The molecule has 7 heteroatoms. The van der Waals surface area contributed by atoms with E-state index in [-0.39, 0.29) is 4.90 Å². The van der Waals surface area contributed by atoms with Crippen molar-refractivity contribution in [2.75, 3.05) is 46.5 Å². The van der Waals surface area contributed by atoms with E-state index in [0.717, 1.165) is 26.1 Å². The van der Waals surface area contributed by atoms with Crippen LogP contribution in [0.4, 0.5) is 0 Å². The number of sulfonamides is 1. The number of ether oxygens (including phenoxy) is 2. The van der Waals surface area contributed by atoms with Crippen LogP contribution in [0.5, 0.6) is 5.75 Å². The van der Waals surface area contributed by atoms with Crippen LogP contribution in [0.15, 0.2) is 29.2 Å². The number of benzene rings is 1. The number of nitrogens with zero attached hydrogens (tertiary/aromatic N) is 1. The first-order valence-electron chi connectivity index (χ1n) is 8.55. The highest BCUT2D eigenvalue weighted by Crippen LogP contribution is 2.16. The standard InChI is InChI=1S/C17H28N2O4S/c1-22-14-15-23-16-6-8-17(9-7-16)24(20,21)18-10-5-13-19-11-3-2-4-12-19/h6-9,18H,2-5,10-15H2,1H3. The van der Waals surface area contributed by atoms with Crippen LogP contribution in [0.2, 0.25) is 0 Å². The molecule has 0 atom stereocenters. The summed E-state index contributed by atoms with van der Waals surface area (Å²) in [5.74, 6) is 0.635. The lowest BCUT2D eigenvalue weighted by atomic mass is 10.1. The summed E-state index contributed by atoms with van der Waals surface area (Å²) in [6.07, 6.45) is 4.65. The van der Waals surface area contributed by atoms with Crippen molar-refractivity contribution in [1.29, 1.82) is 0 Å². The zero-order chi connectivity index (χ0) is 17.3. The van der Waals surface area contributed by atoms with Crippen LogP contribution in [0.3, 0.4) is 0 Å². The first-order chi connectivity index (χ1) is 11.6. The van der Waals surface area contributed by atoms with E-state index in [4.69, 9.17) is 9.47 Å². The van der Waals surface area contributed by atoms with Gasteiger partial charge in [0.25, 0.3) is 0 Å². The Morgan fingerprint density at radius 3 is 2.46 bits per heavy atom. The van der Waals surface area contributed by atoms with Gasteiger partial charge in [-0.15, -0.1) is 0 Å². The van der Waals surface area contributed by atoms with Gasteiger partial charge in [-0.1, -0.05) is 6.42 Å². The van der Waals surface area contributed by atoms with Gasteiger partial charge in [-0.05, 0) is 63.2 Å². The zero-order valence-electron chi connectivity index (χ0n) is 14.4. The van der Waals surface area contributed by atoms with E-state index in [9.17, 15) is 8.42 Å². The largest absolute Gasteiger partial charge is 0.491 e. The van der Waals surface area contributed by atoms with Gasteiger partial charge in [-0.2, -0.15) is 0 Å². The minimum Gasteiger partial charge on any atom is -0.491 e. The van der Waals surface area contributed by atoms with Crippen molar-refractivity contribution in [1.82, 2.24) is 9.62 Å². The topological polar surface area (TPSA) is 67.9 Å². The number of nitrogens with one attached hydrogen (secondary N) is 1. The molecule has 1 aromatic carbocycles. The Labute approximate surface area is 145 Å². The van der Waals surface area contributed by atoms with Gasteiger partial charge in [0, 0.05) is 13.7 Å². The molecule has 136 valence electrons. The first-order valence-corrected chi connectivity index (χ1v) is 10.0. The molecule has 2 rings (SSSR count). The van der Waals surface area contributed by atoms with Crippen molar-refractivity contribution in [2.24, 2.45) is 0 Å². The van der Waals surface area contributed by atoms with Crippen molar-refractivity contribution in [2.45, 2.75) is 30.6 Å². The lowest BCUT2D eigenvalue weighted by molar-refractivity contribution is 0.146. The predicted octanol–water partition coefficient (Wildman–Crippen LogP) is 1.87. The van der Waals surface area contributed by atoms with Crippen LogP contribution in [-0.4, -0.2) is 59.8 Å². The normalized spacial score (nSPS) is 16.2. The Morgan fingerprint density at radius 1 is 1.08 bits per heavy atom. The van der Waals surface area contributed by atoms with Gasteiger partial charge in [-0.25, -0.2) is 13.1 Å². The zero-order valence-corrected chi connectivity index (χ0v) is 15.2. The van der Waals surface area contributed by atoms with Gasteiger partial charge in [0.05, 0.1) is 11.5 Å². The molecule has 24 heavy (non-hydrogen) atoms. The number of hydrogen-bond acceptors (Lipinski definition) is 5. The fourth-order valence-electron chi connectivity index (χ4n) is 2.73. The van der Waals surface area contributed by atoms with Crippen LogP contribution < -0.4 is 9.46 Å². The molecule has 1 saturated heterocycles. The van der Waals surface area contributed by atoms with Crippen molar-refractivity contribution in [3.05, 3.63) is 24.3 Å². The van der Waals surface area contributed by atoms with Gasteiger partial charge in [0.15, 0.2) is 0 Å². The molecule has 1 aromatic rings. The van der Waals surface area contributed by atoms with Crippen molar-refractivity contribution < 1.29 is 17.9 Å². The Hall–Kier alpha value is -1.15.